The molecule has 3 heteroatoms. The van der Waals surface area contributed by atoms with Crippen molar-refractivity contribution < 1.29 is 0 Å². The van der Waals surface area contributed by atoms with Crippen LogP contribution in [0.15, 0.2) is 60.7 Å². The van der Waals surface area contributed by atoms with Gasteiger partial charge in [0, 0.05) is 43.8 Å². The van der Waals surface area contributed by atoms with Gasteiger partial charge in [0.1, 0.15) is 0 Å². The third kappa shape index (κ3) is 3.23. The number of benzene rings is 3. The van der Waals surface area contributed by atoms with Gasteiger partial charge in [-0.05, 0) is 59.5 Å². The van der Waals surface area contributed by atoms with Gasteiger partial charge in [-0.25, -0.2) is 4.98 Å². The molecule has 4 aromatic rings. The number of anilines is 1. The summed E-state index contributed by atoms with van der Waals surface area (Å²) in [6.07, 6.45) is 2.28. The maximum Gasteiger partial charge on any atom is 0.0757 e. The molecule has 0 saturated heterocycles. The lowest BCUT2D eigenvalue weighted by Gasteiger charge is -2.31. The number of hydrogen-bond acceptors (Lipinski definition) is 3. The van der Waals surface area contributed by atoms with E-state index in [1.54, 1.807) is 0 Å². The van der Waals surface area contributed by atoms with Crippen molar-refractivity contribution in [3.05, 3.63) is 71.8 Å². The molecule has 2 heterocycles. The molecule has 5 rings (SSSR count). The van der Waals surface area contributed by atoms with Crippen LogP contribution < -0.4 is 4.90 Å². The normalized spacial score (nSPS) is 14.2. The zero-order valence-corrected chi connectivity index (χ0v) is 18.2. The van der Waals surface area contributed by atoms with Gasteiger partial charge in [0.15, 0.2) is 0 Å². The fraction of sp³-hybridized carbons (Fsp3) is 0.296. The highest BCUT2D eigenvalue weighted by molar-refractivity contribution is 6.09. The topological polar surface area (TPSA) is 19.4 Å². The van der Waals surface area contributed by atoms with Crippen molar-refractivity contribution in [2.75, 3.05) is 32.1 Å². The summed E-state index contributed by atoms with van der Waals surface area (Å²) in [5.41, 5.74) is 7.60. The summed E-state index contributed by atoms with van der Waals surface area (Å²) in [6.45, 7) is 5.52. The highest BCUT2D eigenvalue weighted by Crippen LogP contribution is 2.37. The fourth-order valence-electron chi connectivity index (χ4n) is 4.83. The molecular weight excluding hydrogens is 366 g/mol. The Morgan fingerprint density at radius 2 is 1.73 bits per heavy atom. The predicted molar refractivity (Wildman–Crippen MR) is 128 cm³/mol. The van der Waals surface area contributed by atoms with E-state index < -0.39 is 0 Å². The van der Waals surface area contributed by atoms with E-state index in [0.717, 1.165) is 37.3 Å². The van der Waals surface area contributed by atoms with Crippen LogP contribution in [0.2, 0.25) is 0 Å². The van der Waals surface area contributed by atoms with Crippen molar-refractivity contribution in [3.63, 3.8) is 0 Å². The molecule has 1 aliphatic rings. The average molecular weight is 396 g/mol. The van der Waals surface area contributed by atoms with Gasteiger partial charge in [-0.2, -0.15) is 0 Å². The molecule has 0 spiro atoms. The van der Waals surface area contributed by atoms with Gasteiger partial charge in [0.05, 0.1) is 11.2 Å². The molecule has 0 aliphatic carbocycles. The summed E-state index contributed by atoms with van der Waals surface area (Å²) in [7, 11) is 4.16. The van der Waals surface area contributed by atoms with E-state index in [1.807, 2.05) is 0 Å². The molecule has 3 nitrogen and oxygen atoms in total. The van der Waals surface area contributed by atoms with Crippen molar-refractivity contribution in [1.82, 2.24) is 9.88 Å². The second-order valence-electron chi connectivity index (χ2n) is 8.57. The van der Waals surface area contributed by atoms with Crippen LogP contribution in [0.1, 0.15) is 24.5 Å². The monoisotopic (exact) mass is 395 g/mol. The maximum atomic E-state index is 5.24. The Balaban J connectivity index is 1.76. The van der Waals surface area contributed by atoms with E-state index in [-0.39, 0.29) is 0 Å². The Labute approximate surface area is 179 Å². The third-order valence-electron chi connectivity index (χ3n) is 6.35. The van der Waals surface area contributed by atoms with E-state index in [9.17, 15) is 0 Å². The standard InChI is InChI=1S/C27H29N3/c1-4-16-30-17-15-23-24(18-30)27(20-9-12-21(13-10-20)29(2)3)28-25-14-11-19-7-5-6-8-22(19)26(23)25/h5-14H,4,15-18H2,1-3H3. The first kappa shape index (κ1) is 19.1. The third-order valence-corrected chi connectivity index (χ3v) is 6.35. The van der Waals surface area contributed by atoms with E-state index in [2.05, 4.69) is 91.5 Å². The Morgan fingerprint density at radius 1 is 0.933 bits per heavy atom. The Bertz CT molecular complexity index is 1210. The van der Waals surface area contributed by atoms with Gasteiger partial charge < -0.3 is 4.90 Å². The summed E-state index contributed by atoms with van der Waals surface area (Å²) in [5.74, 6) is 0. The zero-order valence-electron chi connectivity index (χ0n) is 18.2. The summed E-state index contributed by atoms with van der Waals surface area (Å²) in [6, 6.07) is 22.0. The van der Waals surface area contributed by atoms with Crippen LogP contribution in [-0.2, 0) is 13.0 Å². The van der Waals surface area contributed by atoms with Crippen LogP contribution in [0.5, 0.6) is 0 Å². The number of pyridine rings is 1. The second-order valence-corrected chi connectivity index (χ2v) is 8.57. The van der Waals surface area contributed by atoms with Crippen molar-refractivity contribution >= 4 is 27.4 Å². The molecule has 0 saturated carbocycles. The highest BCUT2D eigenvalue weighted by atomic mass is 15.1. The summed E-state index contributed by atoms with van der Waals surface area (Å²) >= 11 is 0. The lowest BCUT2D eigenvalue weighted by molar-refractivity contribution is 0.255. The van der Waals surface area contributed by atoms with E-state index in [4.69, 9.17) is 4.98 Å². The maximum absolute atomic E-state index is 5.24. The predicted octanol–water partition coefficient (Wildman–Crippen LogP) is 5.89. The first-order valence-corrected chi connectivity index (χ1v) is 11.0. The minimum absolute atomic E-state index is 0.986. The number of fused-ring (bicyclic) bond motifs is 5. The van der Waals surface area contributed by atoms with Gasteiger partial charge in [-0.1, -0.05) is 49.4 Å². The zero-order chi connectivity index (χ0) is 20.7. The number of aromatic nitrogens is 1. The Hall–Kier alpha value is -2.91. The molecule has 0 atom stereocenters. The second kappa shape index (κ2) is 7.73. The van der Waals surface area contributed by atoms with Crippen molar-refractivity contribution in [1.29, 1.82) is 0 Å². The van der Waals surface area contributed by atoms with Gasteiger partial charge in [-0.3, -0.25) is 4.90 Å². The molecule has 0 radical (unpaired) electrons. The molecule has 1 aliphatic heterocycles. The molecule has 0 unspecified atom stereocenters. The Kier molecular flexibility index (Phi) is 4.92. The average Bonchev–Trinajstić information content (AvgIpc) is 2.78. The summed E-state index contributed by atoms with van der Waals surface area (Å²) in [4.78, 5) is 9.96. The first-order chi connectivity index (χ1) is 14.7. The van der Waals surface area contributed by atoms with Crippen molar-refractivity contribution in [2.24, 2.45) is 0 Å². The molecule has 0 bridgehead atoms. The van der Waals surface area contributed by atoms with Gasteiger partial charge in [0.25, 0.3) is 0 Å². The van der Waals surface area contributed by atoms with Crippen molar-refractivity contribution in [3.8, 4) is 11.3 Å². The van der Waals surface area contributed by atoms with Crippen LogP contribution in [0.3, 0.4) is 0 Å². The molecule has 1 aromatic heterocycles. The van der Waals surface area contributed by atoms with Crippen LogP contribution in [0.25, 0.3) is 32.9 Å². The lowest BCUT2D eigenvalue weighted by atomic mass is 9.89. The van der Waals surface area contributed by atoms with E-state index >= 15 is 0 Å². The Morgan fingerprint density at radius 3 is 2.50 bits per heavy atom. The SMILES string of the molecule is CCCN1CCc2c(c(-c3ccc(N(C)C)cc3)nc3ccc4ccccc4c23)C1. The number of nitrogens with zero attached hydrogens (tertiary/aromatic N) is 3. The molecule has 0 amide bonds. The van der Waals surface area contributed by atoms with Crippen LogP contribution in [-0.4, -0.2) is 37.1 Å². The minimum atomic E-state index is 0.986. The van der Waals surface area contributed by atoms with Crippen LogP contribution in [0.4, 0.5) is 5.69 Å². The fourth-order valence-corrected chi connectivity index (χ4v) is 4.83. The van der Waals surface area contributed by atoms with E-state index in [0.29, 0.717) is 0 Å². The molecule has 0 fully saturated rings. The highest BCUT2D eigenvalue weighted by Gasteiger charge is 2.24. The molecule has 30 heavy (non-hydrogen) atoms. The smallest absolute Gasteiger partial charge is 0.0757 e. The largest absolute Gasteiger partial charge is 0.378 e. The van der Waals surface area contributed by atoms with Crippen molar-refractivity contribution in [2.45, 2.75) is 26.3 Å². The number of rotatable bonds is 4. The van der Waals surface area contributed by atoms with Crippen LogP contribution in [0, 0.1) is 0 Å². The van der Waals surface area contributed by atoms with Gasteiger partial charge >= 0.3 is 0 Å². The van der Waals surface area contributed by atoms with E-state index in [1.165, 1.54) is 45.0 Å². The van der Waals surface area contributed by atoms with Gasteiger partial charge in [0.2, 0.25) is 0 Å². The quantitative estimate of drug-likeness (QED) is 0.402. The first-order valence-electron chi connectivity index (χ1n) is 11.0. The summed E-state index contributed by atoms with van der Waals surface area (Å²) in [5, 5.41) is 3.98. The van der Waals surface area contributed by atoms with Gasteiger partial charge in [-0.15, -0.1) is 0 Å². The summed E-state index contributed by atoms with van der Waals surface area (Å²) < 4.78 is 0. The number of hydrogen-bond donors (Lipinski definition) is 0. The molecular formula is C27H29N3. The lowest BCUT2D eigenvalue weighted by Crippen LogP contribution is -2.32. The molecule has 3 aromatic carbocycles. The molecule has 152 valence electrons. The molecule has 0 N–H and O–H groups in total. The van der Waals surface area contributed by atoms with Crippen LogP contribution >= 0.6 is 0 Å². The minimum Gasteiger partial charge on any atom is -0.378 e.